The maximum Gasteiger partial charge on any atom is 0.0598 e. The maximum atomic E-state index is 3.34. The summed E-state index contributed by atoms with van der Waals surface area (Å²) < 4.78 is 0. The summed E-state index contributed by atoms with van der Waals surface area (Å²) in [6.07, 6.45) is 0. The van der Waals surface area contributed by atoms with Crippen molar-refractivity contribution in [1.29, 1.82) is 0 Å². The van der Waals surface area contributed by atoms with E-state index in [0.29, 0.717) is 0 Å². The first-order chi connectivity index (χ1) is 8.97. The Hall–Kier alpha value is -1.96. The molecule has 0 aliphatic carbocycles. The molecule has 0 saturated carbocycles. The molecular formula is C17H22N2. The average molecular weight is 254 g/mol. The first-order valence-corrected chi connectivity index (χ1v) is 6.64. The molecule has 0 aliphatic heterocycles. The molecule has 2 aromatic carbocycles. The molecule has 0 aromatic heterocycles. The van der Waals surface area contributed by atoms with Gasteiger partial charge in [0.15, 0.2) is 0 Å². The number of nitrogens with one attached hydrogen (secondary N) is 2. The molecular weight excluding hydrogens is 232 g/mol. The van der Waals surface area contributed by atoms with Gasteiger partial charge in [0, 0.05) is 0 Å². The summed E-state index contributed by atoms with van der Waals surface area (Å²) in [5.41, 5.74) is 15.3. The molecule has 0 radical (unpaired) electrons. The number of hydrogen-bond acceptors (Lipinski definition) is 2. The van der Waals surface area contributed by atoms with Crippen LogP contribution >= 0.6 is 0 Å². The Kier molecular flexibility index (Phi) is 3.79. The number of anilines is 2. The highest BCUT2D eigenvalue weighted by molar-refractivity contribution is 5.63. The molecule has 0 bridgehead atoms. The van der Waals surface area contributed by atoms with Gasteiger partial charge >= 0.3 is 0 Å². The minimum absolute atomic E-state index is 1.12. The fourth-order valence-electron chi connectivity index (χ4n) is 2.46. The topological polar surface area (TPSA) is 24.1 Å². The highest BCUT2D eigenvalue weighted by atomic mass is 15.4. The van der Waals surface area contributed by atoms with Crippen LogP contribution in [0.1, 0.15) is 27.8 Å². The fraction of sp³-hybridized carbons (Fsp3) is 0.294. The molecule has 100 valence electrons. The van der Waals surface area contributed by atoms with Crippen LogP contribution in [0.4, 0.5) is 11.4 Å². The third-order valence-electron chi connectivity index (χ3n) is 3.38. The summed E-state index contributed by atoms with van der Waals surface area (Å²) in [5.74, 6) is 0. The van der Waals surface area contributed by atoms with Crippen molar-refractivity contribution in [2.75, 3.05) is 10.9 Å². The minimum Gasteiger partial charge on any atom is -0.301 e. The van der Waals surface area contributed by atoms with Crippen molar-refractivity contribution in [3.8, 4) is 0 Å². The predicted octanol–water partition coefficient (Wildman–Crippen LogP) is 4.67. The van der Waals surface area contributed by atoms with Gasteiger partial charge in [-0.3, -0.25) is 0 Å². The predicted molar refractivity (Wildman–Crippen MR) is 83.8 cm³/mol. The van der Waals surface area contributed by atoms with E-state index < -0.39 is 0 Å². The van der Waals surface area contributed by atoms with Crippen LogP contribution in [-0.4, -0.2) is 0 Å². The summed E-state index contributed by atoms with van der Waals surface area (Å²) in [6.45, 7) is 10.6. The standard InChI is InChI=1S/C17H22N2/c1-11-6-7-16(13(3)8-11)18-19-17-14(4)9-12(2)10-15(17)5/h6-10,18-19H,1-5H3. The van der Waals surface area contributed by atoms with Gasteiger partial charge in [-0.05, 0) is 57.4 Å². The van der Waals surface area contributed by atoms with Crippen LogP contribution in [0.3, 0.4) is 0 Å². The Morgan fingerprint density at radius 3 is 1.79 bits per heavy atom. The van der Waals surface area contributed by atoms with Gasteiger partial charge in [-0.15, -0.1) is 0 Å². The lowest BCUT2D eigenvalue weighted by atomic mass is 10.1. The molecule has 0 heterocycles. The Balaban J connectivity index is 2.19. The first-order valence-electron chi connectivity index (χ1n) is 6.64. The molecule has 2 nitrogen and oxygen atoms in total. The Bertz CT molecular complexity index is 577. The van der Waals surface area contributed by atoms with Gasteiger partial charge in [-0.1, -0.05) is 35.4 Å². The Morgan fingerprint density at radius 2 is 1.21 bits per heavy atom. The van der Waals surface area contributed by atoms with E-state index in [2.05, 4.69) is 75.8 Å². The second-order valence-electron chi connectivity index (χ2n) is 5.34. The third kappa shape index (κ3) is 3.08. The second-order valence-corrected chi connectivity index (χ2v) is 5.34. The van der Waals surface area contributed by atoms with Crippen LogP contribution in [-0.2, 0) is 0 Å². The number of aryl methyl sites for hydroxylation is 5. The zero-order valence-corrected chi connectivity index (χ0v) is 12.4. The lowest BCUT2D eigenvalue weighted by Gasteiger charge is -2.17. The highest BCUT2D eigenvalue weighted by Crippen LogP contribution is 2.23. The minimum atomic E-state index is 1.12. The van der Waals surface area contributed by atoms with Gasteiger partial charge in [-0.2, -0.15) is 0 Å². The maximum absolute atomic E-state index is 3.34. The fourth-order valence-corrected chi connectivity index (χ4v) is 2.46. The largest absolute Gasteiger partial charge is 0.301 e. The van der Waals surface area contributed by atoms with Crippen molar-refractivity contribution in [2.45, 2.75) is 34.6 Å². The summed E-state index contributed by atoms with van der Waals surface area (Å²) >= 11 is 0. The normalized spacial score (nSPS) is 10.4. The van der Waals surface area contributed by atoms with E-state index in [-0.39, 0.29) is 0 Å². The molecule has 0 atom stereocenters. The molecule has 2 rings (SSSR count). The van der Waals surface area contributed by atoms with E-state index in [1.807, 2.05) is 0 Å². The van der Waals surface area contributed by atoms with Crippen molar-refractivity contribution in [3.63, 3.8) is 0 Å². The summed E-state index contributed by atoms with van der Waals surface area (Å²) in [5, 5.41) is 0. The smallest absolute Gasteiger partial charge is 0.0598 e. The van der Waals surface area contributed by atoms with Crippen molar-refractivity contribution in [1.82, 2.24) is 0 Å². The number of hydrazine groups is 1. The molecule has 0 spiro atoms. The van der Waals surface area contributed by atoms with Gasteiger partial charge in [0.1, 0.15) is 0 Å². The number of rotatable bonds is 3. The number of hydrogen-bond donors (Lipinski definition) is 2. The summed E-state index contributed by atoms with van der Waals surface area (Å²) in [7, 11) is 0. The first kappa shape index (κ1) is 13.5. The second kappa shape index (κ2) is 5.35. The molecule has 2 N–H and O–H groups in total. The lowest BCUT2D eigenvalue weighted by molar-refractivity contribution is 1.26. The average Bonchev–Trinajstić information content (AvgIpc) is 2.30. The number of benzene rings is 2. The van der Waals surface area contributed by atoms with E-state index in [0.717, 1.165) is 11.4 Å². The van der Waals surface area contributed by atoms with Gasteiger partial charge in [0.25, 0.3) is 0 Å². The van der Waals surface area contributed by atoms with Gasteiger partial charge < -0.3 is 10.9 Å². The molecule has 0 fully saturated rings. The van der Waals surface area contributed by atoms with Crippen molar-refractivity contribution in [2.24, 2.45) is 0 Å². The summed E-state index contributed by atoms with van der Waals surface area (Å²) in [4.78, 5) is 0. The van der Waals surface area contributed by atoms with Crippen LogP contribution in [0.5, 0.6) is 0 Å². The zero-order chi connectivity index (χ0) is 14.0. The van der Waals surface area contributed by atoms with Crippen molar-refractivity contribution >= 4 is 11.4 Å². The Labute approximate surface area is 115 Å². The van der Waals surface area contributed by atoms with Crippen molar-refractivity contribution in [3.05, 3.63) is 58.1 Å². The molecule has 2 aromatic rings. The molecule has 0 saturated heterocycles. The van der Waals surface area contributed by atoms with Gasteiger partial charge in [0.2, 0.25) is 0 Å². The van der Waals surface area contributed by atoms with Crippen LogP contribution in [0.25, 0.3) is 0 Å². The lowest BCUT2D eigenvalue weighted by Crippen LogP contribution is -2.12. The quantitative estimate of drug-likeness (QED) is 0.778. The third-order valence-corrected chi connectivity index (χ3v) is 3.38. The highest BCUT2D eigenvalue weighted by Gasteiger charge is 2.04. The van der Waals surface area contributed by atoms with Crippen molar-refractivity contribution < 1.29 is 0 Å². The van der Waals surface area contributed by atoms with E-state index in [4.69, 9.17) is 0 Å². The molecule has 19 heavy (non-hydrogen) atoms. The SMILES string of the molecule is Cc1ccc(NNc2c(C)cc(C)cc2C)c(C)c1. The molecule has 0 unspecified atom stereocenters. The molecule has 0 aliphatic rings. The Morgan fingerprint density at radius 1 is 0.632 bits per heavy atom. The van der Waals surface area contributed by atoms with E-state index in [1.165, 1.54) is 27.8 Å². The van der Waals surface area contributed by atoms with Gasteiger partial charge in [-0.25, -0.2) is 0 Å². The van der Waals surface area contributed by atoms with E-state index >= 15 is 0 Å². The van der Waals surface area contributed by atoms with Crippen LogP contribution in [0.2, 0.25) is 0 Å². The molecule has 2 heteroatoms. The van der Waals surface area contributed by atoms with Gasteiger partial charge in [0.05, 0.1) is 11.4 Å². The van der Waals surface area contributed by atoms with E-state index in [9.17, 15) is 0 Å². The van der Waals surface area contributed by atoms with Crippen LogP contribution in [0, 0.1) is 34.6 Å². The summed E-state index contributed by atoms with van der Waals surface area (Å²) in [6, 6.07) is 10.8. The van der Waals surface area contributed by atoms with E-state index in [1.54, 1.807) is 0 Å². The monoisotopic (exact) mass is 254 g/mol. The van der Waals surface area contributed by atoms with Crippen LogP contribution in [0.15, 0.2) is 30.3 Å². The molecule has 0 amide bonds. The zero-order valence-electron chi connectivity index (χ0n) is 12.4. The van der Waals surface area contributed by atoms with Crippen LogP contribution < -0.4 is 10.9 Å².